The second-order valence-electron chi connectivity index (χ2n) is 6.37. The lowest BCUT2D eigenvalue weighted by molar-refractivity contribution is -0.126. The predicted octanol–water partition coefficient (Wildman–Crippen LogP) is 2.35. The maximum atomic E-state index is 12.7. The van der Waals surface area contributed by atoms with Gasteiger partial charge < -0.3 is 11.1 Å². The molecule has 1 atom stereocenters. The molecule has 3 N–H and O–H groups in total. The molecule has 0 aromatic heterocycles. The van der Waals surface area contributed by atoms with Gasteiger partial charge in [0.1, 0.15) is 0 Å². The molecule has 0 bridgehead atoms. The first-order chi connectivity index (χ1) is 9.72. The molecule has 20 heavy (non-hydrogen) atoms. The first-order valence-electron chi connectivity index (χ1n) is 7.82. The molecule has 2 saturated carbocycles. The van der Waals surface area contributed by atoms with Crippen LogP contribution in [0.1, 0.15) is 44.1 Å². The minimum atomic E-state index is -0.315. The zero-order valence-electron chi connectivity index (χ0n) is 12.0. The lowest BCUT2D eigenvalue weighted by Crippen LogP contribution is -2.47. The van der Waals surface area contributed by atoms with Gasteiger partial charge >= 0.3 is 0 Å². The van der Waals surface area contributed by atoms with Gasteiger partial charge in [0.05, 0.1) is 5.41 Å². The molecule has 0 saturated heterocycles. The molecule has 2 aliphatic carbocycles. The topological polar surface area (TPSA) is 55.1 Å². The van der Waals surface area contributed by atoms with Crippen molar-refractivity contribution in [3.8, 4) is 0 Å². The van der Waals surface area contributed by atoms with E-state index in [1.165, 1.54) is 12.8 Å². The SMILES string of the molecule is NC(CNC(=O)C1(c2ccccc2)CCCC1)C1CC1. The Morgan fingerprint density at radius 2 is 1.90 bits per heavy atom. The normalized spacial score (nSPS) is 22.4. The second-order valence-corrected chi connectivity index (χ2v) is 6.37. The Morgan fingerprint density at radius 3 is 2.50 bits per heavy atom. The van der Waals surface area contributed by atoms with E-state index in [4.69, 9.17) is 5.73 Å². The van der Waals surface area contributed by atoms with Gasteiger partial charge in [-0.3, -0.25) is 4.79 Å². The monoisotopic (exact) mass is 272 g/mol. The van der Waals surface area contributed by atoms with Crippen LogP contribution < -0.4 is 11.1 Å². The summed E-state index contributed by atoms with van der Waals surface area (Å²) >= 11 is 0. The van der Waals surface area contributed by atoms with Crippen LogP contribution in [0, 0.1) is 5.92 Å². The Kier molecular flexibility index (Phi) is 3.79. The highest BCUT2D eigenvalue weighted by atomic mass is 16.2. The summed E-state index contributed by atoms with van der Waals surface area (Å²) in [6, 6.07) is 10.4. The van der Waals surface area contributed by atoms with Gasteiger partial charge in [-0.15, -0.1) is 0 Å². The van der Waals surface area contributed by atoms with Crippen molar-refractivity contribution in [3.63, 3.8) is 0 Å². The number of hydrogen-bond acceptors (Lipinski definition) is 2. The summed E-state index contributed by atoms with van der Waals surface area (Å²) in [5.41, 5.74) is 6.94. The van der Waals surface area contributed by atoms with E-state index in [0.29, 0.717) is 12.5 Å². The van der Waals surface area contributed by atoms with Crippen LogP contribution in [0.3, 0.4) is 0 Å². The summed E-state index contributed by atoms with van der Waals surface area (Å²) in [6.45, 7) is 0.623. The molecule has 2 aliphatic rings. The third kappa shape index (κ3) is 2.59. The standard InChI is InChI=1S/C17H24N2O/c18-15(13-8-9-13)12-19-16(20)17(10-4-5-11-17)14-6-2-1-3-7-14/h1-3,6-7,13,15H,4-5,8-12,18H2,(H,19,20). The first kappa shape index (κ1) is 13.6. The molecule has 3 heteroatoms. The van der Waals surface area contributed by atoms with Gasteiger partial charge in [0, 0.05) is 12.6 Å². The number of nitrogens with two attached hydrogens (primary N) is 1. The van der Waals surface area contributed by atoms with Crippen LogP contribution >= 0.6 is 0 Å². The van der Waals surface area contributed by atoms with Gasteiger partial charge in [0.15, 0.2) is 0 Å². The zero-order valence-corrected chi connectivity index (χ0v) is 12.0. The minimum Gasteiger partial charge on any atom is -0.354 e. The van der Waals surface area contributed by atoms with Crippen molar-refractivity contribution < 1.29 is 4.79 Å². The molecule has 2 fully saturated rings. The maximum Gasteiger partial charge on any atom is 0.230 e. The molecule has 0 heterocycles. The van der Waals surface area contributed by atoms with Gasteiger partial charge in [-0.25, -0.2) is 0 Å². The predicted molar refractivity (Wildman–Crippen MR) is 80.3 cm³/mol. The molecular formula is C17H24N2O. The van der Waals surface area contributed by atoms with Crippen molar-refractivity contribution >= 4 is 5.91 Å². The van der Waals surface area contributed by atoms with Gasteiger partial charge in [-0.2, -0.15) is 0 Å². The summed E-state index contributed by atoms with van der Waals surface area (Å²) < 4.78 is 0. The molecule has 0 spiro atoms. The molecule has 3 rings (SSSR count). The van der Waals surface area contributed by atoms with Crippen LogP contribution in [0.5, 0.6) is 0 Å². The number of hydrogen-bond donors (Lipinski definition) is 2. The lowest BCUT2D eigenvalue weighted by Gasteiger charge is -2.29. The fourth-order valence-corrected chi connectivity index (χ4v) is 3.45. The van der Waals surface area contributed by atoms with Crippen molar-refractivity contribution in [3.05, 3.63) is 35.9 Å². The summed E-state index contributed by atoms with van der Waals surface area (Å²) in [5, 5.41) is 3.12. The molecule has 3 nitrogen and oxygen atoms in total. The Morgan fingerprint density at radius 1 is 1.25 bits per heavy atom. The Bertz CT molecular complexity index is 461. The fraction of sp³-hybridized carbons (Fsp3) is 0.588. The Labute approximate surface area is 120 Å². The van der Waals surface area contributed by atoms with E-state index < -0.39 is 0 Å². The van der Waals surface area contributed by atoms with E-state index >= 15 is 0 Å². The zero-order chi connectivity index (χ0) is 14.0. The van der Waals surface area contributed by atoms with Crippen LogP contribution in [-0.4, -0.2) is 18.5 Å². The third-order valence-corrected chi connectivity index (χ3v) is 4.94. The van der Waals surface area contributed by atoms with E-state index in [2.05, 4.69) is 17.4 Å². The summed E-state index contributed by atoms with van der Waals surface area (Å²) in [4.78, 5) is 12.7. The van der Waals surface area contributed by atoms with Crippen LogP contribution in [0.2, 0.25) is 0 Å². The molecule has 1 unspecified atom stereocenters. The van der Waals surface area contributed by atoms with E-state index in [9.17, 15) is 4.79 Å². The number of carbonyl (C=O) groups is 1. The number of amides is 1. The lowest BCUT2D eigenvalue weighted by atomic mass is 9.78. The number of nitrogens with one attached hydrogen (secondary N) is 1. The third-order valence-electron chi connectivity index (χ3n) is 4.94. The molecular weight excluding hydrogens is 248 g/mol. The van der Waals surface area contributed by atoms with Gasteiger partial charge in [0.25, 0.3) is 0 Å². The van der Waals surface area contributed by atoms with E-state index in [-0.39, 0.29) is 17.4 Å². The molecule has 0 aliphatic heterocycles. The minimum absolute atomic E-state index is 0.133. The largest absolute Gasteiger partial charge is 0.354 e. The van der Waals surface area contributed by atoms with Crippen molar-refractivity contribution in [2.24, 2.45) is 11.7 Å². The molecule has 1 amide bonds. The average Bonchev–Trinajstić information content (AvgIpc) is 3.22. The molecule has 1 aromatic rings. The Hall–Kier alpha value is -1.35. The van der Waals surface area contributed by atoms with Crippen LogP contribution in [0.15, 0.2) is 30.3 Å². The number of benzene rings is 1. The van der Waals surface area contributed by atoms with Gasteiger partial charge in [0.2, 0.25) is 5.91 Å². The quantitative estimate of drug-likeness (QED) is 0.864. The van der Waals surface area contributed by atoms with Crippen molar-refractivity contribution in [2.75, 3.05) is 6.54 Å². The molecule has 1 aromatic carbocycles. The highest BCUT2D eigenvalue weighted by Crippen LogP contribution is 2.41. The molecule has 0 radical (unpaired) electrons. The second kappa shape index (κ2) is 5.57. The average molecular weight is 272 g/mol. The van der Waals surface area contributed by atoms with Crippen LogP contribution in [0.25, 0.3) is 0 Å². The van der Waals surface area contributed by atoms with Crippen LogP contribution in [-0.2, 0) is 10.2 Å². The van der Waals surface area contributed by atoms with E-state index in [1.807, 2.05) is 18.2 Å². The van der Waals surface area contributed by atoms with Crippen molar-refractivity contribution in [2.45, 2.75) is 50.0 Å². The van der Waals surface area contributed by atoms with Gasteiger partial charge in [-0.1, -0.05) is 43.2 Å². The number of carbonyl (C=O) groups excluding carboxylic acids is 1. The first-order valence-corrected chi connectivity index (χ1v) is 7.82. The Balaban J connectivity index is 1.71. The summed E-state index contributed by atoms with van der Waals surface area (Å²) in [6.07, 6.45) is 6.64. The highest BCUT2D eigenvalue weighted by Gasteiger charge is 2.42. The maximum absolute atomic E-state index is 12.7. The summed E-state index contributed by atoms with van der Waals surface area (Å²) in [7, 11) is 0. The fourth-order valence-electron chi connectivity index (χ4n) is 3.45. The smallest absolute Gasteiger partial charge is 0.230 e. The van der Waals surface area contributed by atoms with Crippen molar-refractivity contribution in [1.29, 1.82) is 0 Å². The van der Waals surface area contributed by atoms with E-state index in [0.717, 1.165) is 31.2 Å². The van der Waals surface area contributed by atoms with Gasteiger partial charge in [-0.05, 0) is 37.2 Å². The molecule has 108 valence electrons. The highest BCUT2D eigenvalue weighted by molar-refractivity contribution is 5.88. The number of rotatable bonds is 5. The summed E-state index contributed by atoms with van der Waals surface area (Å²) in [5.74, 6) is 0.809. The van der Waals surface area contributed by atoms with Crippen molar-refractivity contribution in [1.82, 2.24) is 5.32 Å². The van der Waals surface area contributed by atoms with Crippen LogP contribution in [0.4, 0.5) is 0 Å². The van der Waals surface area contributed by atoms with E-state index in [1.54, 1.807) is 0 Å².